The molecule has 2 aromatic carbocycles. The minimum atomic E-state index is -0.114. The molecular formula is C17H13BrN2OS. The standard InChI is InChI=1S/C17H13BrN2OS/c1-11-4-2-7-14(8-11)19-17-20-16(21)15(22-17)10-12-5-3-6-13(18)9-12/h2-10H,1H3,(H,19,20,21)/b15-10+. The van der Waals surface area contributed by atoms with Crippen molar-refractivity contribution in [3.63, 3.8) is 0 Å². The Morgan fingerprint density at radius 3 is 2.77 bits per heavy atom. The van der Waals surface area contributed by atoms with E-state index in [9.17, 15) is 4.79 Å². The Morgan fingerprint density at radius 2 is 2.00 bits per heavy atom. The Kier molecular flexibility index (Phi) is 4.45. The van der Waals surface area contributed by atoms with E-state index in [1.54, 1.807) is 0 Å². The van der Waals surface area contributed by atoms with Crippen LogP contribution in [0.5, 0.6) is 0 Å². The molecule has 0 spiro atoms. The highest BCUT2D eigenvalue weighted by atomic mass is 79.9. The topological polar surface area (TPSA) is 41.5 Å². The first-order valence-corrected chi connectivity index (χ1v) is 8.33. The van der Waals surface area contributed by atoms with E-state index in [4.69, 9.17) is 0 Å². The van der Waals surface area contributed by atoms with Gasteiger partial charge in [0.1, 0.15) is 0 Å². The van der Waals surface area contributed by atoms with Gasteiger partial charge in [0.05, 0.1) is 10.6 Å². The van der Waals surface area contributed by atoms with Crippen LogP contribution in [0.1, 0.15) is 11.1 Å². The van der Waals surface area contributed by atoms with Crippen LogP contribution >= 0.6 is 27.7 Å². The third kappa shape index (κ3) is 3.67. The molecule has 2 aromatic rings. The van der Waals surface area contributed by atoms with Gasteiger partial charge in [-0.2, -0.15) is 0 Å². The molecule has 1 fully saturated rings. The van der Waals surface area contributed by atoms with Gasteiger partial charge < -0.3 is 5.32 Å². The number of aryl methyl sites for hydroxylation is 1. The molecule has 3 nitrogen and oxygen atoms in total. The second-order valence-electron chi connectivity index (χ2n) is 4.88. The van der Waals surface area contributed by atoms with E-state index in [-0.39, 0.29) is 5.91 Å². The summed E-state index contributed by atoms with van der Waals surface area (Å²) < 4.78 is 0.985. The predicted molar refractivity (Wildman–Crippen MR) is 96.1 cm³/mol. The first kappa shape index (κ1) is 15.1. The van der Waals surface area contributed by atoms with Crippen LogP contribution in [0.4, 0.5) is 5.69 Å². The monoisotopic (exact) mass is 372 g/mol. The quantitative estimate of drug-likeness (QED) is 0.779. The molecule has 1 aliphatic heterocycles. The van der Waals surface area contributed by atoms with Crippen LogP contribution in [0.3, 0.4) is 0 Å². The summed E-state index contributed by atoms with van der Waals surface area (Å²) in [7, 11) is 0. The van der Waals surface area contributed by atoms with Crippen molar-refractivity contribution < 1.29 is 4.79 Å². The first-order chi connectivity index (χ1) is 10.6. The van der Waals surface area contributed by atoms with Crippen LogP contribution in [-0.4, -0.2) is 11.1 Å². The van der Waals surface area contributed by atoms with Crippen LogP contribution in [0.2, 0.25) is 0 Å². The van der Waals surface area contributed by atoms with E-state index in [1.807, 2.05) is 61.5 Å². The number of rotatable bonds is 2. The molecule has 1 heterocycles. The van der Waals surface area contributed by atoms with E-state index >= 15 is 0 Å². The maximum Gasteiger partial charge on any atom is 0.264 e. The zero-order valence-corrected chi connectivity index (χ0v) is 14.2. The minimum absolute atomic E-state index is 0.114. The molecule has 110 valence electrons. The molecule has 1 amide bonds. The molecule has 1 N–H and O–H groups in total. The Bertz CT molecular complexity index is 799. The largest absolute Gasteiger partial charge is 0.300 e. The summed E-state index contributed by atoms with van der Waals surface area (Å²) >= 11 is 4.78. The van der Waals surface area contributed by atoms with E-state index in [0.29, 0.717) is 10.1 Å². The number of nitrogens with one attached hydrogen (secondary N) is 1. The number of benzene rings is 2. The Balaban J connectivity index is 1.84. The molecule has 3 rings (SSSR count). The average Bonchev–Trinajstić information content (AvgIpc) is 2.79. The highest BCUT2D eigenvalue weighted by Crippen LogP contribution is 2.28. The van der Waals surface area contributed by atoms with Crippen LogP contribution < -0.4 is 5.32 Å². The van der Waals surface area contributed by atoms with Gasteiger partial charge in [-0.15, -0.1) is 0 Å². The van der Waals surface area contributed by atoms with E-state index in [1.165, 1.54) is 11.8 Å². The lowest BCUT2D eigenvalue weighted by Gasteiger charge is -1.97. The van der Waals surface area contributed by atoms with Crippen molar-refractivity contribution in [2.75, 3.05) is 0 Å². The third-order valence-electron chi connectivity index (χ3n) is 3.03. The summed E-state index contributed by atoms with van der Waals surface area (Å²) in [4.78, 5) is 17.2. The number of carbonyl (C=O) groups excluding carboxylic acids is 1. The summed E-state index contributed by atoms with van der Waals surface area (Å²) in [6.07, 6.45) is 1.86. The van der Waals surface area contributed by atoms with Crippen molar-refractivity contribution in [3.8, 4) is 0 Å². The van der Waals surface area contributed by atoms with Crippen LogP contribution in [0.25, 0.3) is 6.08 Å². The van der Waals surface area contributed by atoms with Gasteiger partial charge in [-0.1, -0.05) is 40.2 Å². The van der Waals surface area contributed by atoms with Gasteiger partial charge in [-0.3, -0.25) is 4.79 Å². The van der Waals surface area contributed by atoms with Crippen LogP contribution in [0, 0.1) is 6.92 Å². The highest BCUT2D eigenvalue weighted by Gasteiger charge is 2.23. The van der Waals surface area contributed by atoms with Crippen molar-refractivity contribution in [1.29, 1.82) is 0 Å². The maximum atomic E-state index is 12.0. The molecular weight excluding hydrogens is 360 g/mol. The number of halogens is 1. The van der Waals surface area contributed by atoms with Crippen molar-refractivity contribution in [3.05, 3.63) is 69.0 Å². The molecule has 0 aliphatic carbocycles. The van der Waals surface area contributed by atoms with Crippen molar-refractivity contribution in [1.82, 2.24) is 5.32 Å². The molecule has 5 heteroatoms. The molecule has 1 saturated heterocycles. The van der Waals surface area contributed by atoms with Crippen molar-refractivity contribution in [2.24, 2.45) is 4.99 Å². The van der Waals surface area contributed by atoms with Gasteiger partial charge in [0.25, 0.3) is 5.91 Å². The summed E-state index contributed by atoms with van der Waals surface area (Å²) in [5, 5.41) is 3.41. The SMILES string of the molecule is Cc1cccc(N=C2NC(=O)/C(=C\c3cccc(Br)c3)S2)c1. The van der Waals surface area contributed by atoms with Gasteiger partial charge in [-0.25, -0.2) is 4.99 Å². The summed E-state index contributed by atoms with van der Waals surface area (Å²) in [6.45, 7) is 2.02. The summed E-state index contributed by atoms with van der Waals surface area (Å²) in [5.41, 5.74) is 2.96. The number of nitrogens with zero attached hydrogens (tertiary/aromatic N) is 1. The van der Waals surface area contributed by atoms with Gasteiger partial charge in [0.15, 0.2) is 5.17 Å². The zero-order valence-electron chi connectivity index (χ0n) is 11.8. The molecule has 0 unspecified atom stereocenters. The van der Waals surface area contributed by atoms with Gasteiger partial charge >= 0.3 is 0 Å². The smallest absolute Gasteiger partial charge is 0.264 e. The lowest BCUT2D eigenvalue weighted by atomic mass is 10.2. The van der Waals surface area contributed by atoms with Gasteiger partial charge in [0, 0.05) is 4.47 Å². The fourth-order valence-electron chi connectivity index (χ4n) is 2.04. The minimum Gasteiger partial charge on any atom is -0.300 e. The molecule has 22 heavy (non-hydrogen) atoms. The second-order valence-corrected chi connectivity index (χ2v) is 6.82. The molecule has 0 bridgehead atoms. The lowest BCUT2D eigenvalue weighted by Crippen LogP contribution is -2.19. The number of carbonyl (C=O) groups is 1. The normalized spacial score (nSPS) is 18.0. The fraction of sp³-hybridized carbons (Fsp3) is 0.0588. The number of aliphatic imine (C=N–C) groups is 1. The highest BCUT2D eigenvalue weighted by molar-refractivity contribution is 9.10. The van der Waals surface area contributed by atoms with Crippen LogP contribution in [0.15, 0.2) is 62.9 Å². The molecule has 0 aromatic heterocycles. The summed E-state index contributed by atoms with van der Waals surface area (Å²) in [6, 6.07) is 15.7. The predicted octanol–water partition coefficient (Wildman–Crippen LogP) is 4.65. The van der Waals surface area contributed by atoms with Gasteiger partial charge in [0.2, 0.25) is 0 Å². The van der Waals surface area contributed by atoms with Crippen molar-refractivity contribution >= 4 is 50.5 Å². The Hall–Kier alpha value is -1.85. The van der Waals surface area contributed by atoms with Crippen LogP contribution in [-0.2, 0) is 4.79 Å². The first-order valence-electron chi connectivity index (χ1n) is 6.72. The zero-order chi connectivity index (χ0) is 15.5. The number of amidine groups is 1. The second kappa shape index (κ2) is 6.50. The lowest BCUT2D eigenvalue weighted by molar-refractivity contribution is -0.115. The van der Waals surface area contributed by atoms with E-state index in [2.05, 4.69) is 26.2 Å². The summed E-state index contributed by atoms with van der Waals surface area (Å²) in [5.74, 6) is -0.114. The molecule has 0 saturated carbocycles. The number of hydrogen-bond donors (Lipinski definition) is 1. The Morgan fingerprint density at radius 1 is 1.18 bits per heavy atom. The Labute approximate surface area is 141 Å². The fourth-order valence-corrected chi connectivity index (χ4v) is 3.30. The molecule has 1 aliphatic rings. The van der Waals surface area contributed by atoms with E-state index in [0.717, 1.165) is 21.3 Å². The maximum absolute atomic E-state index is 12.0. The van der Waals surface area contributed by atoms with Crippen molar-refractivity contribution in [2.45, 2.75) is 6.92 Å². The molecule has 0 atom stereocenters. The number of thioether (sulfide) groups is 1. The van der Waals surface area contributed by atoms with Gasteiger partial charge in [-0.05, 0) is 60.2 Å². The van der Waals surface area contributed by atoms with E-state index < -0.39 is 0 Å². The number of amides is 1. The third-order valence-corrected chi connectivity index (χ3v) is 4.43. The molecule has 0 radical (unpaired) electrons. The average molecular weight is 373 g/mol. The number of hydrogen-bond acceptors (Lipinski definition) is 3.